The number of benzene rings is 1. The first kappa shape index (κ1) is 15.8. The van der Waals surface area contributed by atoms with E-state index in [1.807, 2.05) is 0 Å². The summed E-state index contributed by atoms with van der Waals surface area (Å²) in [5.74, 6) is -0.475. The number of likely N-dealkylation sites (N-methyl/N-ethyl adjacent to an activating group) is 1. The van der Waals surface area contributed by atoms with E-state index in [4.69, 9.17) is 23.2 Å². The van der Waals surface area contributed by atoms with Gasteiger partial charge >= 0.3 is 0 Å². The molecule has 1 aromatic rings. The van der Waals surface area contributed by atoms with E-state index in [0.717, 1.165) is 0 Å². The quantitative estimate of drug-likeness (QED) is 0.775. The lowest BCUT2D eigenvalue weighted by atomic mass is 10.2. The minimum Gasteiger partial charge on any atom is -0.358 e. The van der Waals surface area contributed by atoms with Crippen LogP contribution in [-0.2, 0) is 9.59 Å². The molecule has 0 saturated carbocycles. The minimum absolute atomic E-state index is 0.0689. The monoisotopic (exact) mass is 303 g/mol. The van der Waals surface area contributed by atoms with Crippen molar-refractivity contribution >= 4 is 40.7 Å². The van der Waals surface area contributed by atoms with E-state index in [9.17, 15) is 9.59 Å². The predicted octanol–water partition coefficient (Wildman–Crippen LogP) is 1.66. The number of amides is 2. The van der Waals surface area contributed by atoms with Gasteiger partial charge in [0, 0.05) is 12.1 Å². The van der Waals surface area contributed by atoms with Crippen LogP contribution in [0.5, 0.6) is 0 Å². The maximum atomic E-state index is 11.9. The van der Waals surface area contributed by atoms with E-state index in [1.165, 1.54) is 7.05 Å². The van der Waals surface area contributed by atoms with Gasteiger partial charge in [0.15, 0.2) is 0 Å². The first-order valence-electron chi connectivity index (χ1n) is 5.64. The molecule has 19 heavy (non-hydrogen) atoms. The Morgan fingerprint density at radius 3 is 2.58 bits per heavy atom. The van der Waals surface area contributed by atoms with Gasteiger partial charge in [-0.1, -0.05) is 23.2 Å². The Morgan fingerprint density at radius 2 is 2.00 bits per heavy atom. The number of hydrogen-bond acceptors (Lipinski definition) is 3. The van der Waals surface area contributed by atoms with Crippen molar-refractivity contribution < 1.29 is 9.59 Å². The Morgan fingerprint density at radius 1 is 1.32 bits per heavy atom. The highest BCUT2D eigenvalue weighted by Crippen LogP contribution is 2.25. The highest BCUT2D eigenvalue weighted by atomic mass is 35.5. The zero-order valence-electron chi connectivity index (χ0n) is 10.6. The molecule has 3 N–H and O–H groups in total. The molecule has 5 nitrogen and oxygen atoms in total. The Labute approximate surface area is 121 Å². The highest BCUT2D eigenvalue weighted by Gasteiger charge is 2.14. The number of nitrogens with one attached hydrogen (secondary N) is 3. The fraction of sp³-hybridized carbons (Fsp3) is 0.333. The van der Waals surface area contributed by atoms with E-state index in [2.05, 4.69) is 16.0 Å². The van der Waals surface area contributed by atoms with E-state index in [0.29, 0.717) is 15.7 Å². The van der Waals surface area contributed by atoms with Crippen LogP contribution >= 0.6 is 23.2 Å². The Kier molecular flexibility index (Phi) is 6.08. The Bertz CT molecular complexity index is 480. The summed E-state index contributed by atoms with van der Waals surface area (Å²) in [6, 6.07) is 4.27. The lowest BCUT2D eigenvalue weighted by Crippen LogP contribution is -2.42. The summed E-state index contributed by atoms with van der Waals surface area (Å²) in [5.41, 5.74) is 0.477. The molecule has 1 rings (SSSR count). The molecular formula is C12H15Cl2N3O2. The van der Waals surface area contributed by atoms with Gasteiger partial charge in [-0.25, -0.2) is 0 Å². The first-order chi connectivity index (χ1) is 8.93. The lowest BCUT2D eigenvalue weighted by Gasteiger charge is -2.14. The molecule has 7 heteroatoms. The molecule has 0 aliphatic carbocycles. The van der Waals surface area contributed by atoms with Gasteiger partial charge in [0.2, 0.25) is 11.8 Å². The summed E-state index contributed by atoms with van der Waals surface area (Å²) in [5, 5.41) is 8.76. The molecule has 0 aromatic heterocycles. The molecule has 0 aliphatic rings. The normalized spacial score (nSPS) is 11.8. The van der Waals surface area contributed by atoms with Gasteiger partial charge in [0.25, 0.3) is 0 Å². The van der Waals surface area contributed by atoms with Crippen LogP contribution in [0.3, 0.4) is 0 Å². The Balaban J connectivity index is 2.56. The number of rotatable bonds is 5. The number of carbonyl (C=O) groups is 2. The SMILES string of the molecule is CNC(=O)CN[C@H](C)C(=O)Nc1ccc(Cl)cc1Cl. The molecule has 1 aromatic carbocycles. The van der Waals surface area contributed by atoms with Gasteiger partial charge in [0.05, 0.1) is 23.3 Å². The average Bonchev–Trinajstić information content (AvgIpc) is 2.38. The molecule has 0 fully saturated rings. The topological polar surface area (TPSA) is 70.2 Å². The molecule has 2 amide bonds. The second-order valence-corrected chi connectivity index (χ2v) is 4.73. The van der Waals surface area contributed by atoms with E-state index < -0.39 is 6.04 Å². The summed E-state index contributed by atoms with van der Waals surface area (Å²) in [4.78, 5) is 22.9. The Hall–Kier alpha value is -1.30. The van der Waals surface area contributed by atoms with Crippen LogP contribution in [0, 0.1) is 0 Å². The fourth-order valence-electron chi connectivity index (χ4n) is 1.26. The van der Waals surface area contributed by atoms with E-state index >= 15 is 0 Å². The van der Waals surface area contributed by atoms with Crippen molar-refractivity contribution in [3.63, 3.8) is 0 Å². The van der Waals surface area contributed by atoms with Gasteiger partial charge in [-0.05, 0) is 25.1 Å². The van der Waals surface area contributed by atoms with Gasteiger partial charge in [-0.3, -0.25) is 14.9 Å². The van der Waals surface area contributed by atoms with Gasteiger partial charge in [-0.2, -0.15) is 0 Å². The average molecular weight is 304 g/mol. The second kappa shape index (κ2) is 7.33. The van der Waals surface area contributed by atoms with Crippen LogP contribution in [0.15, 0.2) is 18.2 Å². The molecule has 0 saturated heterocycles. The van der Waals surface area contributed by atoms with Crippen molar-refractivity contribution in [2.75, 3.05) is 18.9 Å². The van der Waals surface area contributed by atoms with Crippen molar-refractivity contribution in [1.29, 1.82) is 0 Å². The third-order valence-corrected chi connectivity index (χ3v) is 2.98. The molecule has 0 spiro atoms. The molecule has 0 radical (unpaired) electrons. The summed E-state index contributed by atoms with van der Waals surface area (Å²) in [7, 11) is 1.53. The summed E-state index contributed by atoms with van der Waals surface area (Å²) in [6.07, 6.45) is 0. The number of halogens is 2. The molecule has 0 bridgehead atoms. The molecular weight excluding hydrogens is 289 g/mol. The van der Waals surface area contributed by atoms with Crippen molar-refractivity contribution in [2.24, 2.45) is 0 Å². The smallest absolute Gasteiger partial charge is 0.241 e. The second-order valence-electron chi connectivity index (χ2n) is 3.89. The summed E-state index contributed by atoms with van der Waals surface area (Å²) in [6.45, 7) is 1.72. The molecule has 0 heterocycles. The van der Waals surface area contributed by atoms with Crippen LogP contribution < -0.4 is 16.0 Å². The van der Waals surface area contributed by atoms with Gasteiger partial charge < -0.3 is 10.6 Å². The zero-order valence-corrected chi connectivity index (χ0v) is 12.1. The van der Waals surface area contributed by atoms with Crippen molar-refractivity contribution in [3.05, 3.63) is 28.2 Å². The van der Waals surface area contributed by atoms with Crippen LogP contribution in [-0.4, -0.2) is 31.4 Å². The van der Waals surface area contributed by atoms with Gasteiger partial charge in [-0.15, -0.1) is 0 Å². The summed E-state index contributed by atoms with van der Waals surface area (Å²) < 4.78 is 0. The zero-order chi connectivity index (χ0) is 14.4. The van der Waals surface area contributed by atoms with E-state index in [-0.39, 0.29) is 18.4 Å². The standard InChI is InChI=1S/C12H15Cl2N3O2/c1-7(16-6-11(18)15-2)12(19)17-10-4-3-8(13)5-9(10)14/h3-5,7,16H,6H2,1-2H3,(H,15,18)(H,17,19)/t7-/m1/s1. The fourth-order valence-corrected chi connectivity index (χ4v) is 1.71. The molecule has 1 atom stereocenters. The van der Waals surface area contributed by atoms with E-state index in [1.54, 1.807) is 25.1 Å². The molecule has 104 valence electrons. The molecule has 0 aliphatic heterocycles. The number of carbonyl (C=O) groups excluding carboxylic acids is 2. The van der Waals surface area contributed by atoms with Crippen molar-refractivity contribution in [2.45, 2.75) is 13.0 Å². The van der Waals surface area contributed by atoms with Crippen LogP contribution in [0.1, 0.15) is 6.92 Å². The number of hydrogen-bond donors (Lipinski definition) is 3. The lowest BCUT2D eigenvalue weighted by molar-refractivity contribution is -0.120. The van der Waals surface area contributed by atoms with Crippen molar-refractivity contribution in [1.82, 2.24) is 10.6 Å². The van der Waals surface area contributed by atoms with Crippen LogP contribution in [0.25, 0.3) is 0 Å². The highest BCUT2D eigenvalue weighted by molar-refractivity contribution is 6.36. The largest absolute Gasteiger partial charge is 0.358 e. The minimum atomic E-state index is -0.524. The first-order valence-corrected chi connectivity index (χ1v) is 6.39. The van der Waals surface area contributed by atoms with Gasteiger partial charge in [0.1, 0.15) is 0 Å². The third kappa shape index (κ3) is 5.06. The maximum Gasteiger partial charge on any atom is 0.241 e. The predicted molar refractivity (Wildman–Crippen MR) is 76.6 cm³/mol. The van der Waals surface area contributed by atoms with Crippen LogP contribution in [0.4, 0.5) is 5.69 Å². The van der Waals surface area contributed by atoms with Crippen LogP contribution in [0.2, 0.25) is 10.0 Å². The van der Waals surface area contributed by atoms with Crippen molar-refractivity contribution in [3.8, 4) is 0 Å². The third-order valence-electron chi connectivity index (χ3n) is 2.43. The summed E-state index contributed by atoms with van der Waals surface area (Å²) >= 11 is 11.7. The number of anilines is 1. The maximum absolute atomic E-state index is 11.9. The molecule has 0 unspecified atom stereocenters.